The minimum absolute atomic E-state index is 0.0484. The van der Waals surface area contributed by atoms with Crippen LogP contribution in [0.1, 0.15) is 57.6 Å². The Morgan fingerprint density at radius 2 is 2.28 bits per heavy atom. The number of aromatic nitrogens is 3. The lowest BCUT2D eigenvalue weighted by Gasteiger charge is -2.39. The van der Waals surface area contributed by atoms with Gasteiger partial charge in [-0.3, -0.25) is 0 Å². The van der Waals surface area contributed by atoms with Gasteiger partial charge in [-0.15, -0.1) is 0 Å². The zero-order valence-corrected chi connectivity index (χ0v) is 15.8. The predicted molar refractivity (Wildman–Crippen MR) is 95.5 cm³/mol. The fraction of sp³-hybridized carbons (Fsp3) is 0.833. The second-order valence-corrected chi connectivity index (χ2v) is 7.33. The van der Waals surface area contributed by atoms with Gasteiger partial charge in [-0.2, -0.15) is 5.10 Å². The topological polar surface area (TPSA) is 72.3 Å². The van der Waals surface area contributed by atoms with Gasteiger partial charge in [0.2, 0.25) is 0 Å². The van der Waals surface area contributed by atoms with Crippen molar-refractivity contribution in [3.8, 4) is 0 Å². The smallest absolute Gasteiger partial charge is 0.318 e. The molecular weight excluding hydrogens is 318 g/mol. The highest BCUT2D eigenvalue weighted by atomic mass is 16.5. The van der Waals surface area contributed by atoms with Crippen molar-refractivity contribution in [3.63, 3.8) is 0 Å². The molecule has 0 unspecified atom stereocenters. The molecule has 0 spiro atoms. The molecule has 2 aliphatic heterocycles. The van der Waals surface area contributed by atoms with Gasteiger partial charge >= 0.3 is 6.03 Å². The molecular formula is C18H31N5O2. The molecule has 0 saturated carbocycles. The van der Waals surface area contributed by atoms with E-state index >= 15 is 0 Å². The van der Waals surface area contributed by atoms with Crippen LogP contribution in [0.25, 0.3) is 0 Å². The molecule has 2 amide bonds. The highest BCUT2D eigenvalue weighted by Crippen LogP contribution is 2.34. The summed E-state index contributed by atoms with van der Waals surface area (Å²) in [6.07, 6.45) is 6.77. The van der Waals surface area contributed by atoms with Crippen LogP contribution < -0.4 is 5.32 Å². The Morgan fingerprint density at radius 3 is 3.00 bits per heavy atom. The highest BCUT2D eigenvalue weighted by Gasteiger charge is 2.43. The fourth-order valence-corrected chi connectivity index (χ4v) is 4.35. The molecule has 0 aliphatic carbocycles. The molecule has 0 aromatic carbocycles. The molecule has 25 heavy (non-hydrogen) atoms. The molecule has 2 aliphatic rings. The maximum Gasteiger partial charge on any atom is 0.318 e. The number of aryl methyl sites for hydroxylation is 2. The van der Waals surface area contributed by atoms with Crippen LogP contribution in [-0.4, -0.2) is 57.5 Å². The quantitative estimate of drug-likeness (QED) is 0.854. The number of amides is 2. The lowest BCUT2D eigenvalue weighted by molar-refractivity contribution is 0.0489. The standard InChI is InChI=1S/C18H31N5O2/c1-4-9-18(13-25-3)10-6-11-22(18)17(24)19-14-7-8-16-20-15(5-2)21-23(16)12-14/h14H,4-13H2,1-3H3,(H,19,24)/t14-,18-/m0/s1. The molecule has 1 aromatic heterocycles. The third-order valence-electron chi connectivity index (χ3n) is 5.52. The van der Waals surface area contributed by atoms with Gasteiger partial charge < -0.3 is 15.0 Å². The SMILES string of the molecule is CCC[C@@]1(COC)CCCN1C(=O)N[C@H]1CCc2nc(CC)nn2C1. The normalized spacial score (nSPS) is 25.9. The molecule has 7 heteroatoms. The van der Waals surface area contributed by atoms with Crippen molar-refractivity contribution in [2.24, 2.45) is 0 Å². The van der Waals surface area contributed by atoms with Gasteiger partial charge in [0.1, 0.15) is 5.82 Å². The van der Waals surface area contributed by atoms with Crippen LogP contribution >= 0.6 is 0 Å². The number of carbonyl (C=O) groups is 1. The van der Waals surface area contributed by atoms with E-state index in [4.69, 9.17) is 4.74 Å². The molecule has 3 heterocycles. The van der Waals surface area contributed by atoms with Crippen LogP contribution in [0, 0.1) is 0 Å². The lowest BCUT2D eigenvalue weighted by Crippen LogP contribution is -2.56. The van der Waals surface area contributed by atoms with E-state index in [0.717, 1.165) is 63.1 Å². The van der Waals surface area contributed by atoms with Gasteiger partial charge in [0.05, 0.1) is 24.7 Å². The minimum Gasteiger partial charge on any atom is -0.382 e. The molecule has 7 nitrogen and oxygen atoms in total. The number of nitrogens with zero attached hydrogens (tertiary/aromatic N) is 4. The summed E-state index contributed by atoms with van der Waals surface area (Å²) in [5.41, 5.74) is -0.143. The van der Waals surface area contributed by atoms with Gasteiger partial charge in [0.15, 0.2) is 5.82 Å². The fourth-order valence-electron chi connectivity index (χ4n) is 4.35. The van der Waals surface area contributed by atoms with Gasteiger partial charge in [-0.1, -0.05) is 20.3 Å². The van der Waals surface area contributed by atoms with Gasteiger partial charge in [0.25, 0.3) is 0 Å². The Hall–Kier alpha value is -1.63. The van der Waals surface area contributed by atoms with Gasteiger partial charge in [-0.25, -0.2) is 14.5 Å². The Morgan fingerprint density at radius 1 is 1.44 bits per heavy atom. The van der Waals surface area contributed by atoms with Crippen LogP contribution in [0.5, 0.6) is 0 Å². The molecule has 1 fully saturated rings. The Kier molecular flexibility index (Phi) is 5.61. The van der Waals surface area contributed by atoms with Crippen molar-refractivity contribution < 1.29 is 9.53 Å². The van der Waals surface area contributed by atoms with E-state index in [9.17, 15) is 4.79 Å². The lowest BCUT2D eigenvalue weighted by atomic mass is 9.91. The number of rotatable bonds is 6. The number of carbonyl (C=O) groups excluding carboxylic acids is 1. The van der Waals surface area contributed by atoms with Crippen LogP contribution in [0.2, 0.25) is 0 Å². The van der Waals surface area contributed by atoms with Crippen molar-refractivity contribution in [1.82, 2.24) is 25.0 Å². The summed E-state index contributed by atoms with van der Waals surface area (Å²) in [5.74, 6) is 1.94. The molecule has 140 valence electrons. The maximum absolute atomic E-state index is 13.0. The van der Waals surface area contributed by atoms with Gasteiger partial charge in [-0.05, 0) is 25.7 Å². The molecule has 0 bridgehead atoms. The first kappa shape index (κ1) is 18.2. The Balaban J connectivity index is 1.65. The molecule has 1 aromatic rings. The number of likely N-dealkylation sites (tertiary alicyclic amines) is 1. The average Bonchev–Trinajstić information content (AvgIpc) is 3.19. The van der Waals surface area contributed by atoms with Crippen molar-refractivity contribution in [1.29, 1.82) is 0 Å². The number of fused-ring (bicyclic) bond motifs is 1. The van der Waals surface area contributed by atoms with Crippen molar-refractivity contribution in [2.75, 3.05) is 20.3 Å². The summed E-state index contributed by atoms with van der Waals surface area (Å²) < 4.78 is 7.43. The third kappa shape index (κ3) is 3.66. The Labute approximate surface area is 150 Å². The van der Waals surface area contributed by atoms with Crippen LogP contribution in [0.3, 0.4) is 0 Å². The number of urea groups is 1. The van der Waals surface area contributed by atoms with Gasteiger partial charge in [0, 0.05) is 26.5 Å². The van der Waals surface area contributed by atoms with E-state index in [2.05, 4.69) is 29.2 Å². The largest absolute Gasteiger partial charge is 0.382 e. The first-order valence-electron chi connectivity index (χ1n) is 9.61. The van der Waals surface area contributed by atoms with Crippen molar-refractivity contribution >= 4 is 6.03 Å². The van der Waals surface area contributed by atoms with Crippen LogP contribution in [-0.2, 0) is 24.1 Å². The van der Waals surface area contributed by atoms with E-state index in [1.807, 2.05) is 9.58 Å². The molecule has 1 saturated heterocycles. The number of ether oxygens (including phenoxy) is 1. The first-order chi connectivity index (χ1) is 12.1. The highest BCUT2D eigenvalue weighted by molar-refractivity contribution is 5.76. The van der Waals surface area contributed by atoms with E-state index < -0.39 is 0 Å². The number of nitrogens with one attached hydrogen (secondary N) is 1. The number of hydrogen-bond acceptors (Lipinski definition) is 4. The summed E-state index contributed by atoms with van der Waals surface area (Å²) in [7, 11) is 1.73. The molecule has 3 rings (SSSR count). The second kappa shape index (κ2) is 7.72. The summed E-state index contributed by atoms with van der Waals surface area (Å²) in [4.78, 5) is 19.5. The summed E-state index contributed by atoms with van der Waals surface area (Å²) in [5, 5.41) is 7.78. The van der Waals surface area contributed by atoms with E-state index in [1.165, 1.54) is 0 Å². The summed E-state index contributed by atoms with van der Waals surface area (Å²) >= 11 is 0. The maximum atomic E-state index is 13.0. The van der Waals surface area contributed by atoms with E-state index in [-0.39, 0.29) is 17.6 Å². The molecule has 1 N–H and O–H groups in total. The Bertz CT molecular complexity index is 594. The third-order valence-corrected chi connectivity index (χ3v) is 5.52. The summed E-state index contributed by atoms with van der Waals surface area (Å²) in [6.45, 7) is 6.39. The molecule has 2 atom stereocenters. The first-order valence-corrected chi connectivity index (χ1v) is 9.61. The van der Waals surface area contributed by atoms with Crippen molar-refractivity contribution in [2.45, 2.75) is 76.9 Å². The number of methoxy groups -OCH3 is 1. The monoisotopic (exact) mass is 349 g/mol. The van der Waals surface area contributed by atoms with E-state index in [1.54, 1.807) is 7.11 Å². The average molecular weight is 349 g/mol. The van der Waals surface area contributed by atoms with Crippen LogP contribution in [0.4, 0.5) is 4.79 Å². The van der Waals surface area contributed by atoms with Crippen LogP contribution in [0.15, 0.2) is 0 Å². The zero-order chi connectivity index (χ0) is 17.9. The van der Waals surface area contributed by atoms with E-state index in [0.29, 0.717) is 13.2 Å². The minimum atomic E-state index is -0.143. The number of hydrogen-bond donors (Lipinski definition) is 1. The molecule has 0 radical (unpaired) electrons. The predicted octanol–water partition coefficient (Wildman–Crippen LogP) is 2.15. The van der Waals surface area contributed by atoms with Crippen molar-refractivity contribution in [3.05, 3.63) is 11.6 Å². The zero-order valence-electron chi connectivity index (χ0n) is 15.8. The summed E-state index contributed by atoms with van der Waals surface area (Å²) in [6, 6.07) is 0.168. The second-order valence-electron chi connectivity index (χ2n) is 7.33.